The summed E-state index contributed by atoms with van der Waals surface area (Å²) in [5, 5.41) is 3.64. The number of likely N-dealkylation sites (N-methyl/N-ethyl adjacent to an activating group) is 2. The van der Waals surface area contributed by atoms with Gasteiger partial charge < -0.3 is 22.3 Å². The molecule has 4 heteroatoms. The van der Waals surface area contributed by atoms with Gasteiger partial charge in [0.2, 0.25) is 0 Å². The van der Waals surface area contributed by atoms with Crippen molar-refractivity contribution < 1.29 is 17.3 Å². The molecule has 134 valence electrons. The maximum Gasteiger partial charge on any atom is 0.0965 e. The Bertz CT molecular complexity index is 778. The predicted molar refractivity (Wildman–Crippen MR) is 103 cm³/mol. The summed E-state index contributed by atoms with van der Waals surface area (Å²) < 4.78 is 2.31. The first-order valence-electron chi connectivity index (χ1n) is 8.95. The van der Waals surface area contributed by atoms with Crippen molar-refractivity contribution in [1.82, 2.24) is 4.68 Å². The van der Waals surface area contributed by atoms with Crippen LogP contribution >= 0.6 is 0 Å². The van der Waals surface area contributed by atoms with Crippen molar-refractivity contribution in [2.45, 2.75) is 13.8 Å². The van der Waals surface area contributed by atoms with Gasteiger partial charge in [0.15, 0.2) is 0 Å². The summed E-state index contributed by atoms with van der Waals surface area (Å²) >= 11 is 0. The number of hydrogen-bond donors (Lipinski definition) is 1. The largest absolute Gasteiger partial charge is 1.00 e. The molecule has 0 fully saturated rings. The monoisotopic (exact) mass is 357 g/mol. The van der Waals surface area contributed by atoms with Crippen LogP contribution in [0.3, 0.4) is 0 Å². The molecule has 2 aromatic carbocycles. The predicted octanol–water partition coefficient (Wildman–Crippen LogP) is -0.195. The van der Waals surface area contributed by atoms with E-state index in [2.05, 4.69) is 91.4 Å². The van der Waals surface area contributed by atoms with Crippen LogP contribution in [0.1, 0.15) is 13.8 Å². The SMILES string of the molecule is CC[NH+](CC)CCN(C)n1cc(-c2ccccc2)c2ccccc21.[Cl-]. The van der Waals surface area contributed by atoms with E-state index in [-0.39, 0.29) is 12.4 Å². The van der Waals surface area contributed by atoms with Gasteiger partial charge in [0.25, 0.3) is 0 Å². The van der Waals surface area contributed by atoms with Gasteiger partial charge in [-0.2, -0.15) is 0 Å². The molecule has 0 aliphatic carbocycles. The van der Waals surface area contributed by atoms with Gasteiger partial charge in [0, 0.05) is 24.2 Å². The highest BCUT2D eigenvalue weighted by Gasteiger charge is 2.13. The quantitative estimate of drug-likeness (QED) is 0.618. The Morgan fingerprint density at radius 3 is 2.24 bits per heavy atom. The maximum atomic E-state index is 2.33. The average Bonchev–Trinajstić information content (AvgIpc) is 3.03. The van der Waals surface area contributed by atoms with Crippen LogP contribution in [0.25, 0.3) is 22.0 Å². The fourth-order valence-corrected chi connectivity index (χ4v) is 3.32. The number of nitrogens with zero attached hydrogens (tertiary/aromatic N) is 2. The Morgan fingerprint density at radius 2 is 1.56 bits per heavy atom. The van der Waals surface area contributed by atoms with Gasteiger partial charge >= 0.3 is 0 Å². The zero-order chi connectivity index (χ0) is 16.9. The van der Waals surface area contributed by atoms with Crippen LogP contribution in [0, 0.1) is 0 Å². The molecule has 0 saturated carbocycles. The Kier molecular flexibility index (Phi) is 6.91. The smallest absolute Gasteiger partial charge is 0.0965 e. The van der Waals surface area contributed by atoms with E-state index in [1.54, 1.807) is 4.90 Å². The van der Waals surface area contributed by atoms with Crippen LogP contribution < -0.4 is 22.3 Å². The van der Waals surface area contributed by atoms with Crippen molar-refractivity contribution in [1.29, 1.82) is 0 Å². The van der Waals surface area contributed by atoms with Gasteiger partial charge in [0.1, 0.15) is 0 Å². The highest BCUT2D eigenvalue weighted by atomic mass is 35.5. The summed E-state index contributed by atoms with van der Waals surface area (Å²) in [6.07, 6.45) is 2.28. The average molecular weight is 358 g/mol. The maximum absolute atomic E-state index is 2.33. The van der Waals surface area contributed by atoms with Crippen LogP contribution in [0.5, 0.6) is 0 Å². The highest BCUT2D eigenvalue weighted by Crippen LogP contribution is 2.30. The van der Waals surface area contributed by atoms with Crippen LogP contribution in [0.4, 0.5) is 0 Å². The van der Waals surface area contributed by atoms with Gasteiger partial charge in [-0.3, -0.25) is 4.68 Å². The molecule has 0 unspecified atom stereocenters. The Morgan fingerprint density at radius 1 is 0.920 bits per heavy atom. The molecule has 0 aliphatic rings. The van der Waals surface area contributed by atoms with E-state index in [9.17, 15) is 0 Å². The molecule has 1 aromatic heterocycles. The number of halogens is 1. The summed E-state index contributed by atoms with van der Waals surface area (Å²) in [6.45, 7) is 9.10. The molecule has 0 spiro atoms. The number of para-hydroxylation sites is 1. The minimum Gasteiger partial charge on any atom is -1.00 e. The third-order valence-electron chi connectivity index (χ3n) is 4.93. The number of aromatic nitrogens is 1. The fraction of sp³-hybridized carbons (Fsp3) is 0.333. The first kappa shape index (κ1) is 19.4. The van der Waals surface area contributed by atoms with E-state index in [4.69, 9.17) is 0 Å². The van der Waals surface area contributed by atoms with E-state index in [0.29, 0.717) is 0 Å². The van der Waals surface area contributed by atoms with E-state index >= 15 is 0 Å². The molecule has 0 saturated heterocycles. The zero-order valence-corrected chi connectivity index (χ0v) is 16.1. The van der Waals surface area contributed by atoms with E-state index < -0.39 is 0 Å². The lowest BCUT2D eigenvalue weighted by Crippen LogP contribution is -3.12. The Labute approximate surface area is 157 Å². The Hall–Kier alpha value is -1.97. The summed E-state index contributed by atoms with van der Waals surface area (Å²) in [6, 6.07) is 19.3. The van der Waals surface area contributed by atoms with Crippen molar-refractivity contribution >= 4 is 10.9 Å². The van der Waals surface area contributed by atoms with Gasteiger partial charge in [-0.05, 0) is 25.5 Å². The summed E-state index contributed by atoms with van der Waals surface area (Å²) in [4.78, 5) is 1.64. The fourth-order valence-electron chi connectivity index (χ4n) is 3.32. The van der Waals surface area contributed by atoms with Crippen molar-refractivity contribution in [2.75, 3.05) is 38.2 Å². The van der Waals surface area contributed by atoms with E-state index in [0.717, 1.165) is 13.1 Å². The number of benzene rings is 2. The van der Waals surface area contributed by atoms with Crippen LogP contribution in [0.2, 0.25) is 0 Å². The molecule has 1 N–H and O–H groups in total. The lowest BCUT2D eigenvalue weighted by atomic mass is 10.1. The third-order valence-corrected chi connectivity index (χ3v) is 4.93. The first-order chi connectivity index (χ1) is 11.7. The van der Waals surface area contributed by atoms with Crippen LogP contribution in [0.15, 0.2) is 60.8 Å². The van der Waals surface area contributed by atoms with Crippen molar-refractivity contribution in [3.63, 3.8) is 0 Å². The molecular formula is C21H28ClN3. The van der Waals surface area contributed by atoms with Crippen LogP contribution in [-0.2, 0) is 0 Å². The van der Waals surface area contributed by atoms with Gasteiger partial charge in [-0.15, -0.1) is 0 Å². The van der Waals surface area contributed by atoms with E-state index in [1.807, 2.05) is 0 Å². The minimum atomic E-state index is 0. The molecule has 0 atom stereocenters. The lowest BCUT2D eigenvalue weighted by Gasteiger charge is -2.24. The standard InChI is InChI=1S/C21H27N3.ClH/c1-4-23(5-2)16-15-22(3)24-17-20(18-11-7-6-8-12-18)19-13-9-10-14-21(19)24;/h6-14,17H,4-5,15-16H2,1-3H3;1H. The number of rotatable bonds is 7. The summed E-state index contributed by atoms with van der Waals surface area (Å²) in [7, 11) is 2.18. The molecule has 0 amide bonds. The molecule has 0 bridgehead atoms. The topological polar surface area (TPSA) is 12.6 Å². The second-order valence-corrected chi connectivity index (χ2v) is 6.36. The van der Waals surface area contributed by atoms with Crippen molar-refractivity contribution in [2.24, 2.45) is 0 Å². The highest BCUT2D eigenvalue weighted by molar-refractivity contribution is 5.96. The molecule has 3 nitrogen and oxygen atoms in total. The number of nitrogens with one attached hydrogen (secondary N) is 1. The summed E-state index contributed by atoms with van der Waals surface area (Å²) in [5.41, 5.74) is 3.84. The number of fused-ring (bicyclic) bond motifs is 1. The molecule has 3 rings (SSSR count). The Balaban J connectivity index is 0.00000225. The summed E-state index contributed by atoms with van der Waals surface area (Å²) in [5.74, 6) is 0. The van der Waals surface area contributed by atoms with E-state index in [1.165, 1.54) is 35.1 Å². The molecule has 0 aliphatic heterocycles. The molecule has 25 heavy (non-hydrogen) atoms. The zero-order valence-electron chi connectivity index (χ0n) is 15.4. The normalized spacial score (nSPS) is 10.9. The van der Waals surface area contributed by atoms with Crippen molar-refractivity contribution in [3.8, 4) is 11.1 Å². The minimum absolute atomic E-state index is 0. The van der Waals surface area contributed by atoms with Gasteiger partial charge in [-0.1, -0.05) is 48.5 Å². The molecule has 0 radical (unpaired) electrons. The van der Waals surface area contributed by atoms with Gasteiger partial charge in [0.05, 0.1) is 31.7 Å². The molecule has 1 heterocycles. The number of hydrogen-bond acceptors (Lipinski definition) is 1. The first-order valence-corrected chi connectivity index (χ1v) is 8.95. The second-order valence-electron chi connectivity index (χ2n) is 6.36. The molecule has 3 aromatic rings. The van der Waals surface area contributed by atoms with Crippen LogP contribution in [-0.4, -0.2) is 37.9 Å². The van der Waals surface area contributed by atoms with Crippen molar-refractivity contribution in [3.05, 3.63) is 60.8 Å². The lowest BCUT2D eigenvalue weighted by molar-refractivity contribution is -0.894. The molecular weight excluding hydrogens is 330 g/mol. The number of quaternary nitrogens is 1. The third kappa shape index (κ3) is 4.17. The van der Waals surface area contributed by atoms with Gasteiger partial charge in [-0.25, -0.2) is 0 Å². The second kappa shape index (κ2) is 8.93.